The number of carbonyl (C=O) groups is 1. The number of carboxylic acids is 1. The second kappa shape index (κ2) is 5.65. The summed E-state index contributed by atoms with van der Waals surface area (Å²) < 4.78 is 0. The molecule has 8 heteroatoms. The van der Waals surface area contributed by atoms with Crippen molar-refractivity contribution in [2.45, 2.75) is 0 Å². The molecule has 0 radical (unpaired) electrons. The first-order valence-electron chi connectivity index (χ1n) is 4.57. The number of hydrogen-bond acceptors (Lipinski definition) is 5. The summed E-state index contributed by atoms with van der Waals surface area (Å²) in [6.07, 6.45) is 0. The molecule has 0 saturated heterocycles. The van der Waals surface area contributed by atoms with Gasteiger partial charge in [-0.15, -0.1) is 0 Å². The lowest BCUT2D eigenvalue weighted by Gasteiger charge is -2.06. The highest BCUT2D eigenvalue weighted by atomic mass is 35.5. The van der Waals surface area contributed by atoms with Gasteiger partial charge in [0.15, 0.2) is 5.84 Å². The van der Waals surface area contributed by atoms with E-state index in [0.717, 1.165) is 0 Å². The van der Waals surface area contributed by atoms with Crippen LogP contribution >= 0.6 is 11.6 Å². The molecule has 0 heterocycles. The molecule has 0 unspecified atom stereocenters. The zero-order valence-corrected chi connectivity index (χ0v) is 9.69. The largest absolute Gasteiger partial charge is 0.478 e. The molecule has 1 rings (SSSR count). The number of aromatic carboxylic acids is 1. The van der Waals surface area contributed by atoms with E-state index in [9.17, 15) is 4.79 Å². The SMILES string of the molecule is N#C/C(=N\Nc1cccc(Cl)c1C(=O)O)C(=N)N. The molecule has 0 atom stereocenters. The quantitative estimate of drug-likeness (QED) is 0.369. The summed E-state index contributed by atoms with van der Waals surface area (Å²) in [4.78, 5) is 11.0. The normalized spacial score (nSPS) is 10.6. The summed E-state index contributed by atoms with van der Waals surface area (Å²) >= 11 is 5.73. The fourth-order valence-corrected chi connectivity index (χ4v) is 1.35. The van der Waals surface area contributed by atoms with Gasteiger partial charge in [0, 0.05) is 0 Å². The topological polar surface area (TPSA) is 135 Å². The van der Waals surface area contributed by atoms with Crippen LogP contribution in [0.5, 0.6) is 0 Å². The molecule has 18 heavy (non-hydrogen) atoms. The van der Waals surface area contributed by atoms with Crippen LogP contribution in [0, 0.1) is 16.7 Å². The van der Waals surface area contributed by atoms with Crippen LogP contribution in [0.3, 0.4) is 0 Å². The number of amidine groups is 1. The van der Waals surface area contributed by atoms with E-state index in [1.807, 2.05) is 0 Å². The van der Waals surface area contributed by atoms with Gasteiger partial charge in [-0.2, -0.15) is 10.4 Å². The van der Waals surface area contributed by atoms with Crippen LogP contribution in [0.1, 0.15) is 10.4 Å². The van der Waals surface area contributed by atoms with Gasteiger partial charge in [0.1, 0.15) is 11.6 Å². The van der Waals surface area contributed by atoms with Crippen molar-refractivity contribution in [2.24, 2.45) is 10.8 Å². The van der Waals surface area contributed by atoms with E-state index in [4.69, 9.17) is 33.1 Å². The van der Waals surface area contributed by atoms with E-state index in [1.54, 1.807) is 6.07 Å². The molecule has 0 aliphatic heterocycles. The Hall–Kier alpha value is -2.59. The van der Waals surface area contributed by atoms with E-state index in [0.29, 0.717) is 0 Å². The van der Waals surface area contributed by atoms with Crippen LogP contribution in [-0.2, 0) is 0 Å². The van der Waals surface area contributed by atoms with Crippen LogP contribution in [0.15, 0.2) is 23.3 Å². The average molecular weight is 266 g/mol. The highest BCUT2D eigenvalue weighted by molar-refractivity contribution is 6.45. The summed E-state index contributed by atoms with van der Waals surface area (Å²) in [7, 11) is 0. The van der Waals surface area contributed by atoms with Gasteiger partial charge in [0.25, 0.3) is 0 Å². The Kier molecular flexibility index (Phi) is 4.23. The molecule has 0 amide bonds. The minimum Gasteiger partial charge on any atom is -0.478 e. The van der Waals surface area contributed by atoms with Gasteiger partial charge in [-0.3, -0.25) is 10.8 Å². The van der Waals surface area contributed by atoms with Gasteiger partial charge in [0.2, 0.25) is 5.71 Å². The van der Waals surface area contributed by atoms with Gasteiger partial charge in [-0.25, -0.2) is 4.79 Å². The minimum absolute atomic E-state index is 0.0315. The van der Waals surface area contributed by atoms with Crippen molar-refractivity contribution in [1.29, 1.82) is 10.7 Å². The molecule has 0 spiro atoms. The maximum atomic E-state index is 11.0. The minimum atomic E-state index is -1.24. The zero-order chi connectivity index (χ0) is 13.7. The Balaban J connectivity index is 3.14. The lowest BCUT2D eigenvalue weighted by atomic mass is 10.2. The molecule has 0 aliphatic rings. The molecule has 0 saturated carbocycles. The first-order chi connectivity index (χ1) is 8.47. The van der Waals surface area contributed by atoms with Gasteiger partial charge < -0.3 is 10.8 Å². The van der Waals surface area contributed by atoms with Crippen molar-refractivity contribution in [3.05, 3.63) is 28.8 Å². The van der Waals surface area contributed by atoms with Gasteiger partial charge in [-0.1, -0.05) is 17.7 Å². The molecular weight excluding hydrogens is 258 g/mol. The molecule has 7 nitrogen and oxygen atoms in total. The molecule has 0 aliphatic carbocycles. The van der Waals surface area contributed by atoms with Crippen LogP contribution < -0.4 is 11.2 Å². The molecule has 0 fully saturated rings. The van der Waals surface area contributed by atoms with Crippen molar-refractivity contribution in [3.8, 4) is 6.07 Å². The number of benzene rings is 1. The Labute approximate surface area is 107 Å². The third-order valence-corrected chi connectivity index (χ3v) is 2.19. The Morgan fingerprint density at radius 1 is 1.61 bits per heavy atom. The lowest BCUT2D eigenvalue weighted by molar-refractivity contribution is 0.0698. The highest BCUT2D eigenvalue weighted by Crippen LogP contribution is 2.24. The summed E-state index contributed by atoms with van der Waals surface area (Å²) in [6.45, 7) is 0. The summed E-state index contributed by atoms with van der Waals surface area (Å²) in [6, 6.07) is 5.95. The van der Waals surface area contributed by atoms with Gasteiger partial charge in [-0.05, 0) is 12.1 Å². The number of hydrogen-bond donors (Lipinski definition) is 4. The van der Waals surface area contributed by atoms with Gasteiger partial charge >= 0.3 is 5.97 Å². The second-order valence-electron chi connectivity index (χ2n) is 3.07. The zero-order valence-electron chi connectivity index (χ0n) is 8.94. The standard InChI is InChI=1S/C10H8ClN5O2/c11-5-2-1-3-6(8(5)10(17)18)15-16-7(4-12)9(13)14/h1-3,15H,(H3,13,14)(H,17,18)/b16-7+. The highest BCUT2D eigenvalue weighted by Gasteiger charge is 2.14. The summed E-state index contributed by atoms with van der Waals surface area (Å²) in [5.74, 6) is -1.76. The van der Waals surface area contributed by atoms with Crippen molar-refractivity contribution >= 4 is 34.8 Å². The number of nitrogens with zero attached hydrogens (tertiary/aromatic N) is 2. The first kappa shape index (κ1) is 13.5. The van der Waals surface area contributed by atoms with E-state index >= 15 is 0 Å². The Morgan fingerprint density at radius 2 is 2.28 bits per heavy atom. The maximum Gasteiger partial charge on any atom is 0.339 e. The van der Waals surface area contributed by atoms with Crippen LogP contribution in [-0.4, -0.2) is 22.6 Å². The molecule has 0 aromatic heterocycles. The Morgan fingerprint density at radius 3 is 2.78 bits per heavy atom. The monoisotopic (exact) mass is 265 g/mol. The maximum absolute atomic E-state index is 11.0. The lowest BCUT2D eigenvalue weighted by Crippen LogP contribution is -2.22. The third-order valence-electron chi connectivity index (χ3n) is 1.88. The van der Waals surface area contributed by atoms with E-state index < -0.39 is 11.8 Å². The number of hydrazone groups is 1. The molecule has 5 N–H and O–H groups in total. The fourth-order valence-electron chi connectivity index (χ4n) is 1.10. The number of nitriles is 1. The molecule has 1 aromatic carbocycles. The van der Waals surface area contributed by atoms with Crippen molar-refractivity contribution in [1.82, 2.24) is 0 Å². The van der Waals surface area contributed by atoms with E-state index in [1.165, 1.54) is 18.2 Å². The summed E-state index contributed by atoms with van der Waals surface area (Å²) in [5.41, 5.74) is 7.00. The number of carboxylic acid groups (broad SMARTS) is 1. The van der Waals surface area contributed by atoms with Crippen LogP contribution in [0.25, 0.3) is 0 Å². The van der Waals surface area contributed by atoms with E-state index in [-0.39, 0.29) is 22.0 Å². The van der Waals surface area contributed by atoms with Crippen molar-refractivity contribution in [3.63, 3.8) is 0 Å². The van der Waals surface area contributed by atoms with Crippen LogP contribution in [0.4, 0.5) is 5.69 Å². The van der Waals surface area contributed by atoms with Crippen LogP contribution in [0.2, 0.25) is 5.02 Å². The number of rotatable bonds is 4. The number of halogens is 1. The second-order valence-corrected chi connectivity index (χ2v) is 3.47. The third kappa shape index (κ3) is 2.96. The first-order valence-corrected chi connectivity index (χ1v) is 4.95. The average Bonchev–Trinajstić information content (AvgIpc) is 2.28. The number of nitrogens with two attached hydrogens (primary N) is 1. The molecule has 0 bridgehead atoms. The predicted molar refractivity (Wildman–Crippen MR) is 67.0 cm³/mol. The molecule has 92 valence electrons. The van der Waals surface area contributed by atoms with Gasteiger partial charge in [0.05, 0.1) is 10.7 Å². The number of nitrogens with one attached hydrogen (secondary N) is 2. The van der Waals surface area contributed by atoms with Crippen molar-refractivity contribution < 1.29 is 9.90 Å². The van der Waals surface area contributed by atoms with E-state index in [2.05, 4.69) is 10.5 Å². The van der Waals surface area contributed by atoms with Crippen molar-refractivity contribution in [2.75, 3.05) is 5.43 Å². The fraction of sp³-hybridized carbons (Fsp3) is 0. The number of anilines is 1. The smallest absolute Gasteiger partial charge is 0.339 e. The summed E-state index contributed by atoms with van der Waals surface area (Å²) in [5, 5.41) is 28.2. The molecular formula is C10H8ClN5O2. The predicted octanol–water partition coefficient (Wildman–Crippen LogP) is 1.27. The Bertz CT molecular complexity index is 576. The molecule has 1 aromatic rings.